The van der Waals surface area contributed by atoms with Gasteiger partial charge in [-0.3, -0.25) is 0 Å². The first-order chi connectivity index (χ1) is 9.20. The molecule has 0 aromatic heterocycles. The maximum absolute atomic E-state index is 10.8. The first kappa shape index (κ1) is 13.9. The van der Waals surface area contributed by atoms with Gasteiger partial charge >= 0.3 is 0 Å². The molecule has 4 atom stereocenters. The van der Waals surface area contributed by atoms with E-state index in [4.69, 9.17) is 4.74 Å². The molecule has 0 amide bonds. The van der Waals surface area contributed by atoms with Gasteiger partial charge in [0.1, 0.15) is 0 Å². The molecule has 3 aliphatic rings. The van der Waals surface area contributed by atoms with E-state index in [1.807, 2.05) is 0 Å². The molecule has 0 radical (unpaired) electrons. The number of rotatable bonds is 2. The van der Waals surface area contributed by atoms with Gasteiger partial charge in [0, 0.05) is 6.61 Å². The van der Waals surface area contributed by atoms with Crippen LogP contribution < -0.4 is 0 Å². The fourth-order valence-electron chi connectivity index (χ4n) is 4.93. The Morgan fingerprint density at radius 1 is 1.05 bits per heavy atom. The van der Waals surface area contributed by atoms with Gasteiger partial charge in [-0.1, -0.05) is 39.0 Å². The lowest BCUT2D eigenvalue weighted by atomic mass is 9.72. The molecule has 1 saturated heterocycles. The third kappa shape index (κ3) is 2.85. The molecule has 2 nitrogen and oxygen atoms in total. The monoisotopic (exact) mass is 266 g/mol. The van der Waals surface area contributed by atoms with Crippen LogP contribution in [-0.4, -0.2) is 23.4 Å². The molecule has 0 bridgehead atoms. The van der Waals surface area contributed by atoms with Gasteiger partial charge in [-0.05, 0) is 49.9 Å². The van der Waals surface area contributed by atoms with Crippen molar-refractivity contribution in [1.82, 2.24) is 0 Å². The van der Waals surface area contributed by atoms with Crippen molar-refractivity contribution in [3.05, 3.63) is 0 Å². The topological polar surface area (TPSA) is 29.5 Å². The van der Waals surface area contributed by atoms with Crippen LogP contribution in [-0.2, 0) is 4.74 Å². The number of aliphatic hydroxyl groups excluding tert-OH is 1. The fourth-order valence-corrected chi connectivity index (χ4v) is 4.93. The summed E-state index contributed by atoms with van der Waals surface area (Å²) in [6.45, 7) is 3.21. The first-order valence-corrected chi connectivity index (χ1v) is 8.52. The van der Waals surface area contributed by atoms with Gasteiger partial charge in [0.25, 0.3) is 0 Å². The van der Waals surface area contributed by atoms with Crippen LogP contribution in [0.4, 0.5) is 0 Å². The maximum atomic E-state index is 10.8. The van der Waals surface area contributed by atoms with E-state index in [2.05, 4.69) is 6.92 Å². The van der Waals surface area contributed by atoms with Crippen molar-refractivity contribution >= 4 is 0 Å². The summed E-state index contributed by atoms with van der Waals surface area (Å²) >= 11 is 0. The zero-order valence-corrected chi connectivity index (χ0v) is 12.4. The summed E-state index contributed by atoms with van der Waals surface area (Å²) in [4.78, 5) is 0. The van der Waals surface area contributed by atoms with Crippen LogP contribution in [0.2, 0.25) is 0 Å². The van der Waals surface area contributed by atoms with Crippen LogP contribution in [0.15, 0.2) is 0 Å². The second-order valence-electron chi connectivity index (χ2n) is 7.41. The van der Waals surface area contributed by atoms with Gasteiger partial charge in [-0.2, -0.15) is 0 Å². The van der Waals surface area contributed by atoms with Crippen molar-refractivity contribution in [2.45, 2.75) is 82.8 Å². The van der Waals surface area contributed by atoms with Crippen molar-refractivity contribution in [2.24, 2.45) is 17.8 Å². The zero-order chi connectivity index (χ0) is 13.3. The average Bonchev–Trinajstić information content (AvgIpc) is 2.85. The molecule has 2 aliphatic carbocycles. The lowest BCUT2D eigenvalue weighted by Gasteiger charge is -2.45. The largest absolute Gasteiger partial charge is 0.393 e. The van der Waals surface area contributed by atoms with Crippen LogP contribution in [0.25, 0.3) is 0 Å². The predicted octanol–water partition coefficient (Wildman–Crippen LogP) is 3.91. The minimum atomic E-state index is -0.0693. The molecular weight excluding hydrogens is 236 g/mol. The number of hydrogen-bond acceptors (Lipinski definition) is 2. The Labute approximate surface area is 117 Å². The molecular formula is C17H30O2. The van der Waals surface area contributed by atoms with Gasteiger partial charge in [0.2, 0.25) is 0 Å². The van der Waals surface area contributed by atoms with Crippen molar-refractivity contribution in [3.63, 3.8) is 0 Å². The lowest BCUT2D eigenvalue weighted by Crippen LogP contribution is -2.46. The third-order valence-corrected chi connectivity index (χ3v) is 6.15. The molecule has 2 heteroatoms. The number of hydrogen-bond donors (Lipinski definition) is 1. The molecule has 1 aliphatic heterocycles. The van der Waals surface area contributed by atoms with Crippen LogP contribution in [0.1, 0.15) is 71.1 Å². The van der Waals surface area contributed by atoms with Crippen LogP contribution in [0, 0.1) is 17.8 Å². The van der Waals surface area contributed by atoms with Crippen LogP contribution in [0.3, 0.4) is 0 Å². The third-order valence-electron chi connectivity index (χ3n) is 6.15. The van der Waals surface area contributed by atoms with E-state index >= 15 is 0 Å². The van der Waals surface area contributed by atoms with Gasteiger partial charge in [-0.25, -0.2) is 0 Å². The van der Waals surface area contributed by atoms with Gasteiger partial charge in [0.15, 0.2) is 0 Å². The SMILES string of the molecule is CC1CCCC1C(O)C1CCOC2(CCCCC2)C1. The quantitative estimate of drug-likeness (QED) is 0.821. The second-order valence-corrected chi connectivity index (χ2v) is 7.41. The molecule has 19 heavy (non-hydrogen) atoms. The molecule has 2 saturated carbocycles. The molecule has 1 heterocycles. The predicted molar refractivity (Wildman–Crippen MR) is 77.0 cm³/mol. The molecule has 0 aromatic rings. The molecule has 1 N–H and O–H groups in total. The van der Waals surface area contributed by atoms with E-state index in [1.54, 1.807) is 0 Å². The summed E-state index contributed by atoms with van der Waals surface area (Å²) in [7, 11) is 0. The molecule has 1 spiro atoms. The van der Waals surface area contributed by atoms with E-state index < -0.39 is 0 Å². The van der Waals surface area contributed by atoms with Crippen molar-refractivity contribution in [2.75, 3.05) is 6.61 Å². The van der Waals surface area contributed by atoms with Gasteiger partial charge < -0.3 is 9.84 Å². The van der Waals surface area contributed by atoms with E-state index in [1.165, 1.54) is 51.4 Å². The molecule has 110 valence electrons. The Bertz CT molecular complexity index is 290. The fraction of sp³-hybridized carbons (Fsp3) is 1.00. The van der Waals surface area contributed by atoms with Crippen molar-refractivity contribution < 1.29 is 9.84 Å². The lowest BCUT2D eigenvalue weighted by molar-refractivity contribution is -0.140. The zero-order valence-electron chi connectivity index (χ0n) is 12.4. The Kier molecular flexibility index (Phi) is 4.19. The molecule has 3 rings (SSSR count). The second kappa shape index (κ2) is 5.73. The Hall–Kier alpha value is -0.0800. The Morgan fingerprint density at radius 3 is 2.53 bits per heavy atom. The molecule has 3 fully saturated rings. The highest BCUT2D eigenvalue weighted by Crippen LogP contribution is 2.45. The summed E-state index contributed by atoms with van der Waals surface area (Å²) in [5.74, 6) is 1.78. The highest BCUT2D eigenvalue weighted by molar-refractivity contribution is 4.94. The van der Waals surface area contributed by atoms with Crippen molar-refractivity contribution in [3.8, 4) is 0 Å². The van der Waals surface area contributed by atoms with E-state index in [9.17, 15) is 5.11 Å². The minimum Gasteiger partial charge on any atom is -0.393 e. The highest BCUT2D eigenvalue weighted by atomic mass is 16.5. The normalized spacial score (nSPS) is 40.4. The smallest absolute Gasteiger partial charge is 0.0686 e. The van der Waals surface area contributed by atoms with Gasteiger partial charge in [-0.15, -0.1) is 0 Å². The van der Waals surface area contributed by atoms with E-state index in [0.29, 0.717) is 11.8 Å². The maximum Gasteiger partial charge on any atom is 0.0686 e. The molecule has 4 unspecified atom stereocenters. The average molecular weight is 266 g/mol. The summed E-state index contributed by atoms with van der Waals surface area (Å²) in [5.41, 5.74) is 0.143. The minimum absolute atomic E-state index is 0.0693. The first-order valence-electron chi connectivity index (χ1n) is 8.52. The van der Waals surface area contributed by atoms with E-state index in [-0.39, 0.29) is 11.7 Å². The van der Waals surface area contributed by atoms with E-state index in [0.717, 1.165) is 25.4 Å². The van der Waals surface area contributed by atoms with Crippen LogP contribution in [0.5, 0.6) is 0 Å². The number of aliphatic hydroxyl groups is 1. The molecule has 0 aromatic carbocycles. The number of ether oxygens (including phenoxy) is 1. The van der Waals surface area contributed by atoms with Crippen LogP contribution >= 0.6 is 0 Å². The Balaban J connectivity index is 1.64. The summed E-state index contributed by atoms with van der Waals surface area (Å²) in [5, 5.41) is 10.8. The Morgan fingerprint density at radius 2 is 1.84 bits per heavy atom. The van der Waals surface area contributed by atoms with Crippen molar-refractivity contribution in [1.29, 1.82) is 0 Å². The standard InChI is InChI=1S/C17H30O2/c1-13-6-5-7-15(13)16(18)14-8-11-19-17(12-14)9-3-2-4-10-17/h13-16,18H,2-12H2,1H3. The highest BCUT2D eigenvalue weighted by Gasteiger charge is 2.43. The van der Waals surface area contributed by atoms with Gasteiger partial charge in [0.05, 0.1) is 11.7 Å². The summed E-state index contributed by atoms with van der Waals surface area (Å²) in [6.07, 6.45) is 12.5. The summed E-state index contributed by atoms with van der Waals surface area (Å²) in [6, 6.07) is 0. The summed E-state index contributed by atoms with van der Waals surface area (Å²) < 4.78 is 6.17.